The highest BCUT2D eigenvalue weighted by atomic mass is 79.9. The van der Waals surface area contributed by atoms with Crippen molar-refractivity contribution in [2.24, 2.45) is 5.92 Å². The van der Waals surface area contributed by atoms with Crippen molar-refractivity contribution in [2.75, 3.05) is 14.2 Å². The third kappa shape index (κ3) is 4.62. The Labute approximate surface area is 144 Å². The van der Waals surface area contributed by atoms with Gasteiger partial charge in [0, 0.05) is 9.30 Å². The lowest BCUT2D eigenvalue weighted by Gasteiger charge is -2.20. The molecule has 1 aliphatic rings. The van der Waals surface area contributed by atoms with Gasteiger partial charge in [-0.2, -0.15) is 0 Å². The molecule has 4 heteroatoms. The van der Waals surface area contributed by atoms with Gasteiger partial charge in [0.05, 0.1) is 14.2 Å². The molecule has 0 spiro atoms. The zero-order valence-electron chi connectivity index (χ0n) is 12.8. The molecular formula is C17H24Br2O2. The first-order valence-corrected chi connectivity index (χ1v) is 9.42. The molecule has 1 fully saturated rings. The molecule has 21 heavy (non-hydrogen) atoms. The van der Waals surface area contributed by atoms with Crippen LogP contribution >= 0.6 is 31.9 Å². The van der Waals surface area contributed by atoms with Crippen LogP contribution in [0.15, 0.2) is 16.6 Å². The maximum atomic E-state index is 5.43. The summed E-state index contributed by atoms with van der Waals surface area (Å²) >= 11 is 7.55. The third-order valence-corrected chi connectivity index (χ3v) is 5.91. The number of ether oxygens (including phenoxy) is 2. The smallest absolute Gasteiger partial charge is 0.161 e. The van der Waals surface area contributed by atoms with Gasteiger partial charge in [-0.05, 0) is 30.0 Å². The highest BCUT2D eigenvalue weighted by Crippen LogP contribution is 2.42. The van der Waals surface area contributed by atoms with E-state index in [0.717, 1.165) is 21.9 Å². The van der Waals surface area contributed by atoms with E-state index < -0.39 is 0 Å². The van der Waals surface area contributed by atoms with Gasteiger partial charge in [0.1, 0.15) is 0 Å². The fourth-order valence-electron chi connectivity index (χ4n) is 3.13. The summed E-state index contributed by atoms with van der Waals surface area (Å²) in [6, 6.07) is 4.08. The van der Waals surface area contributed by atoms with Crippen LogP contribution in [0.2, 0.25) is 0 Å². The zero-order valence-corrected chi connectivity index (χ0v) is 16.0. The van der Waals surface area contributed by atoms with Gasteiger partial charge in [-0.3, -0.25) is 0 Å². The molecule has 2 nitrogen and oxygen atoms in total. The molecule has 0 saturated heterocycles. The van der Waals surface area contributed by atoms with Gasteiger partial charge >= 0.3 is 0 Å². The van der Waals surface area contributed by atoms with E-state index in [-0.39, 0.29) is 0 Å². The number of benzene rings is 1. The van der Waals surface area contributed by atoms with E-state index in [2.05, 4.69) is 37.9 Å². The number of halogens is 2. The summed E-state index contributed by atoms with van der Waals surface area (Å²) in [5.74, 6) is 2.39. The maximum Gasteiger partial charge on any atom is 0.161 e. The van der Waals surface area contributed by atoms with E-state index in [1.165, 1.54) is 50.5 Å². The normalized spacial score (nSPS) is 18.1. The molecule has 0 aliphatic heterocycles. The van der Waals surface area contributed by atoms with E-state index >= 15 is 0 Å². The average molecular weight is 420 g/mol. The van der Waals surface area contributed by atoms with Crippen molar-refractivity contribution < 1.29 is 9.47 Å². The second kappa shape index (κ2) is 8.42. The Balaban J connectivity index is 2.12. The molecule has 0 amide bonds. The van der Waals surface area contributed by atoms with Crippen LogP contribution in [-0.2, 0) is 0 Å². The Hall–Kier alpha value is -0.220. The first-order valence-electron chi connectivity index (χ1n) is 7.71. The molecule has 0 heterocycles. The van der Waals surface area contributed by atoms with Crippen LogP contribution in [-0.4, -0.2) is 14.2 Å². The Bertz CT molecular complexity index is 454. The molecule has 1 unspecified atom stereocenters. The van der Waals surface area contributed by atoms with Crippen LogP contribution in [0.25, 0.3) is 0 Å². The van der Waals surface area contributed by atoms with E-state index in [1.54, 1.807) is 14.2 Å². The summed E-state index contributed by atoms with van der Waals surface area (Å²) in [6.07, 6.45) is 9.51. The molecule has 1 saturated carbocycles. The first-order chi connectivity index (χ1) is 10.2. The van der Waals surface area contributed by atoms with E-state index in [1.807, 2.05) is 6.07 Å². The van der Waals surface area contributed by atoms with Gasteiger partial charge in [-0.1, -0.05) is 70.4 Å². The lowest BCUT2D eigenvalue weighted by Crippen LogP contribution is -2.04. The minimum Gasteiger partial charge on any atom is -0.493 e. The summed E-state index contributed by atoms with van der Waals surface area (Å²) in [6.45, 7) is 0. The van der Waals surface area contributed by atoms with Gasteiger partial charge in [0.25, 0.3) is 0 Å². The van der Waals surface area contributed by atoms with Crippen LogP contribution < -0.4 is 9.47 Å². The standard InChI is InChI=1S/C17H24Br2O2/c1-20-16-10-13(15(19)11-17(16)21-2)14(18)9-12-7-5-3-4-6-8-12/h10-12,14H,3-9H2,1-2H3. The molecule has 0 radical (unpaired) electrons. The van der Waals surface area contributed by atoms with Gasteiger partial charge in [-0.15, -0.1) is 0 Å². The predicted molar refractivity (Wildman–Crippen MR) is 94.7 cm³/mol. The Morgan fingerprint density at radius 3 is 2.19 bits per heavy atom. The molecular weight excluding hydrogens is 396 g/mol. The number of methoxy groups -OCH3 is 2. The summed E-state index contributed by atoms with van der Waals surface area (Å²) in [7, 11) is 3.35. The van der Waals surface area contributed by atoms with Crippen molar-refractivity contribution in [1.82, 2.24) is 0 Å². The topological polar surface area (TPSA) is 18.5 Å². The maximum absolute atomic E-state index is 5.43. The van der Waals surface area contributed by atoms with Crippen molar-refractivity contribution >= 4 is 31.9 Å². The fraction of sp³-hybridized carbons (Fsp3) is 0.647. The van der Waals surface area contributed by atoms with Crippen LogP contribution in [0.4, 0.5) is 0 Å². The van der Waals surface area contributed by atoms with Gasteiger partial charge in [0.2, 0.25) is 0 Å². The highest BCUT2D eigenvalue weighted by molar-refractivity contribution is 9.11. The molecule has 0 N–H and O–H groups in total. The first kappa shape index (κ1) is 17.1. The van der Waals surface area contributed by atoms with E-state index in [4.69, 9.17) is 9.47 Å². The van der Waals surface area contributed by atoms with Gasteiger partial charge < -0.3 is 9.47 Å². The molecule has 1 aromatic rings. The van der Waals surface area contributed by atoms with Crippen molar-refractivity contribution in [3.8, 4) is 11.5 Å². The molecule has 1 atom stereocenters. The fourth-order valence-corrected chi connectivity index (χ4v) is 4.94. The number of hydrogen-bond acceptors (Lipinski definition) is 2. The molecule has 1 aromatic carbocycles. The Morgan fingerprint density at radius 2 is 1.62 bits per heavy atom. The van der Waals surface area contributed by atoms with Crippen molar-refractivity contribution in [3.05, 3.63) is 22.2 Å². The zero-order chi connectivity index (χ0) is 15.2. The SMILES string of the molecule is COc1cc(Br)c(C(Br)CC2CCCCCC2)cc1OC. The van der Waals surface area contributed by atoms with Crippen LogP contribution in [0.5, 0.6) is 11.5 Å². The van der Waals surface area contributed by atoms with Crippen LogP contribution in [0.1, 0.15) is 55.3 Å². The summed E-state index contributed by atoms with van der Waals surface area (Å²) in [5, 5.41) is 0. The largest absolute Gasteiger partial charge is 0.493 e. The van der Waals surface area contributed by atoms with Crippen molar-refractivity contribution in [2.45, 2.75) is 49.8 Å². The summed E-state index contributed by atoms with van der Waals surface area (Å²) in [5.41, 5.74) is 1.25. The quantitative estimate of drug-likeness (QED) is 0.414. The van der Waals surface area contributed by atoms with Crippen molar-refractivity contribution in [3.63, 3.8) is 0 Å². The second-order valence-corrected chi connectivity index (χ2v) is 7.75. The van der Waals surface area contributed by atoms with E-state index in [0.29, 0.717) is 4.83 Å². The minimum atomic E-state index is 0.356. The molecule has 2 rings (SSSR count). The van der Waals surface area contributed by atoms with Crippen LogP contribution in [0, 0.1) is 5.92 Å². The van der Waals surface area contributed by atoms with Gasteiger partial charge in [0.15, 0.2) is 11.5 Å². The molecule has 1 aliphatic carbocycles. The monoisotopic (exact) mass is 418 g/mol. The van der Waals surface area contributed by atoms with Crippen LogP contribution in [0.3, 0.4) is 0 Å². The lowest BCUT2D eigenvalue weighted by atomic mass is 9.92. The molecule has 0 bridgehead atoms. The second-order valence-electron chi connectivity index (χ2n) is 5.79. The Morgan fingerprint density at radius 1 is 1.05 bits per heavy atom. The number of rotatable bonds is 5. The van der Waals surface area contributed by atoms with Gasteiger partial charge in [-0.25, -0.2) is 0 Å². The highest BCUT2D eigenvalue weighted by Gasteiger charge is 2.21. The average Bonchev–Trinajstić information content (AvgIpc) is 2.75. The Kier molecular flexibility index (Phi) is 6.87. The minimum absolute atomic E-state index is 0.356. The summed E-state index contributed by atoms with van der Waals surface area (Å²) < 4.78 is 11.9. The lowest BCUT2D eigenvalue weighted by molar-refractivity contribution is 0.354. The molecule has 118 valence electrons. The number of hydrogen-bond donors (Lipinski definition) is 0. The molecule has 0 aromatic heterocycles. The van der Waals surface area contributed by atoms with Crippen molar-refractivity contribution in [1.29, 1.82) is 0 Å². The third-order valence-electron chi connectivity index (χ3n) is 4.36. The predicted octanol–water partition coefficient (Wildman–Crippen LogP) is 6.26. The number of alkyl halides is 1. The summed E-state index contributed by atoms with van der Waals surface area (Å²) in [4.78, 5) is 0.356. The van der Waals surface area contributed by atoms with E-state index in [9.17, 15) is 0 Å².